The molecule has 5 N–H and O–H groups in total. The number of alkyl halides is 2. The first kappa shape index (κ1) is 105. The molecule has 1 aliphatic heterocycles. The van der Waals surface area contributed by atoms with Crippen LogP contribution in [0.25, 0.3) is 104 Å². The normalized spacial score (nSPS) is 11.9. The molecule has 6 aromatic heterocycles. The molecular weight excluding hydrogens is 2090 g/mol. The number of methoxy groups -OCH3 is 1. The van der Waals surface area contributed by atoms with Crippen LogP contribution in [0.3, 0.4) is 0 Å². The van der Waals surface area contributed by atoms with Crippen LogP contribution in [0.4, 0.5) is 37.2 Å². The maximum Gasteiger partial charge on any atom is 0.394 e. The number of amides is 3. The molecule has 0 fully saturated rings. The van der Waals surface area contributed by atoms with Gasteiger partial charge in [0.05, 0.1) is 79.1 Å². The number of imide groups is 1. The van der Waals surface area contributed by atoms with Crippen LogP contribution < -0.4 is 34.3 Å². The number of carbonyl (C=O) groups is 3. The molecule has 1 aliphatic rings. The lowest BCUT2D eigenvalue weighted by Crippen LogP contribution is -2.32. The number of ether oxygens (including phenoxy) is 2. The van der Waals surface area contributed by atoms with Crippen LogP contribution in [-0.2, 0) is 34.9 Å². The summed E-state index contributed by atoms with van der Waals surface area (Å²) in [4.78, 5) is 61.7. The van der Waals surface area contributed by atoms with Gasteiger partial charge in [-0.3, -0.25) is 33.4 Å². The Labute approximate surface area is 887 Å². The molecule has 0 spiro atoms. The van der Waals surface area contributed by atoms with Gasteiger partial charge in [-0.15, -0.1) is 66.9 Å². The molecule has 7 heterocycles. The van der Waals surface area contributed by atoms with Crippen molar-refractivity contribution in [2.75, 3.05) is 44.2 Å². The Morgan fingerprint density at radius 3 is 1.23 bits per heavy atom. The van der Waals surface area contributed by atoms with Gasteiger partial charge in [-0.05, 0) is 331 Å². The van der Waals surface area contributed by atoms with E-state index in [0.717, 1.165) is 147 Å². The predicted octanol–water partition coefficient (Wildman–Crippen LogP) is 28.8. The summed E-state index contributed by atoms with van der Waals surface area (Å²) in [6.07, 6.45) is -3.48. The molecule has 0 unspecified atom stereocenters. The molecule has 148 heavy (non-hydrogen) atoms. The number of aryl methyl sites for hydroxylation is 7. The molecule has 24 nitrogen and oxygen atoms in total. The average Bonchev–Trinajstić information content (AvgIpc) is 1.09. The number of fused-ring (bicyclic) bond motifs is 6. The fraction of sp³-hybridized carbons (Fsp3) is 0.135. The van der Waals surface area contributed by atoms with E-state index in [1.165, 1.54) is 51.7 Å². The fourth-order valence-corrected chi connectivity index (χ4v) is 26.6. The van der Waals surface area contributed by atoms with Gasteiger partial charge in [0, 0.05) is 92.6 Å². The van der Waals surface area contributed by atoms with Gasteiger partial charge < -0.3 is 20.1 Å². The standard InChI is InChI=1S/C25H19N3O3S.C24H24N2O3S2.C22H18F2N2O3S2.C21H17ClN2O2S2.C19H16N4S3/c1-15-6-11-20-21(14-15)32-23(27-20)16-7-9-17(10-8-16)26-22(29)12-13-28-24(30)18-4-2-3-5-19(18)25(28)31;1-14-6-11-20-22(12-14)30-24(25-20)18-7-9-19(10-8-18)26-31(27,28)23-15(2)13-21(29-5)16(3)17(23)4;1-14-7-12-17-19(13-14)30-21(25-17)15-8-10-16(11-9-15)26-31(27,28)20-6-4-3-5-18(20)29-22(2,23)24;1-13-3-10-19-20(11-13)27-21(23-19)15-5-7-16(8-6-15)24-28(25,26)17-9-4-14(2)18(22)12-17;1-12(11-24-19-23-22-13(2)25-19)20-15-9-7-14(8-10-15)18-21-16-5-3-4-6-17(16)26-18/h2-11,14H,12-13H2,1H3,(H,26,29);6-13,26H,1-5H3;3-13,26H,1-2H3;3-12,24H,1-2H3;3-10,20H,1,11H2,2H3. The van der Waals surface area contributed by atoms with Gasteiger partial charge in [0.15, 0.2) is 4.34 Å². The van der Waals surface area contributed by atoms with Crippen LogP contribution in [0.15, 0.2) is 322 Å². The second-order valence-corrected chi connectivity index (χ2v) is 47.5. The number of carbonyl (C=O) groups excluding carboxylic acids is 3. The second-order valence-electron chi connectivity index (χ2n) is 34.6. The number of nitrogens with zero attached hydrogens (tertiary/aromatic N) is 8. The van der Waals surface area contributed by atoms with Crippen LogP contribution >= 0.6 is 91.4 Å². The van der Waals surface area contributed by atoms with Crippen LogP contribution in [0.5, 0.6) is 11.5 Å². The molecule has 0 atom stereocenters. The summed E-state index contributed by atoms with van der Waals surface area (Å²) in [6, 6.07) is 88.3. The van der Waals surface area contributed by atoms with Crippen molar-refractivity contribution in [3.05, 3.63) is 369 Å². The quantitative estimate of drug-likeness (QED) is 0.0248. The third kappa shape index (κ3) is 25.5. The van der Waals surface area contributed by atoms with Gasteiger partial charge in [-0.25, -0.2) is 50.2 Å². The third-order valence-corrected chi connectivity index (χ3v) is 35.4. The van der Waals surface area contributed by atoms with Crippen molar-refractivity contribution in [1.29, 1.82) is 0 Å². The predicted molar refractivity (Wildman–Crippen MR) is 601 cm³/mol. The van der Waals surface area contributed by atoms with Crippen LogP contribution in [-0.4, -0.2) is 109 Å². The molecule has 0 radical (unpaired) electrons. The van der Waals surface area contributed by atoms with Crippen molar-refractivity contribution in [2.24, 2.45) is 0 Å². The summed E-state index contributed by atoms with van der Waals surface area (Å²) < 4.78 is 128. The van der Waals surface area contributed by atoms with Gasteiger partial charge in [-0.1, -0.05) is 108 Å². The van der Waals surface area contributed by atoms with E-state index in [4.69, 9.17) is 26.3 Å². The topological polar surface area (TPSA) is 326 Å². The Morgan fingerprint density at radius 1 is 0.419 bits per heavy atom. The highest BCUT2D eigenvalue weighted by Gasteiger charge is 2.36. The Kier molecular flexibility index (Phi) is 32.0. The van der Waals surface area contributed by atoms with Crippen molar-refractivity contribution < 1.29 is 57.9 Å². The van der Waals surface area contributed by atoms with Gasteiger partial charge in [-0.2, -0.15) is 8.78 Å². The number of anilines is 5. The zero-order chi connectivity index (χ0) is 105. The molecular formula is C111H94ClF2N13O11S10. The number of rotatable bonds is 26. The molecule has 20 aromatic rings. The Hall–Kier alpha value is -14.4. The Balaban J connectivity index is 0.000000126. The van der Waals surface area contributed by atoms with E-state index in [2.05, 4.69) is 143 Å². The number of nitrogens with one attached hydrogen (secondary N) is 5. The minimum Gasteiger partial charge on any atom is -0.496 e. The number of para-hydroxylation sites is 2. The summed E-state index contributed by atoms with van der Waals surface area (Å²) in [7, 11) is -10.0. The van der Waals surface area contributed by atoms with Crippen molar-refractivity contribution in [3.63, 3.8) is 0 Å². The number of thiazole rings is 5. The molecule has 37 heteroatoms. The minimum absolute atomic E-state index is 0.0322. The SMILES string of the molecule is C=C(CSc1nnc(C)s1)Nc1ccc(-c2nc3ccccc3s2)cc1.COc1cc(C)c(S(=O)(=O)Nc2ccc(-c3nc4ccc(C)cc4s3)cc2)c(C)c1C.Cc1ccc2nc(-c3ccc(NC(=O)CCN4C(=O)c5ccccc5C4=O)cc3)sc2c1.Cc1ccc2nc(-c3ccc(NS(=O)(=O)c4ccc(C)c(Cl)c4)cc3)sc2c1.Cc1ccc2nc(-c3ccc(NS(=O)(=O)c4ccccc4OC(C)(F)F)cc3)sc2c1. The first-order chi connectivity index (χ1) is 70.8. The largest absolute Gasteiger partial charge is 0.496 e. The van der Waals surface area contributed by atoms with Crippen molar-refractivity contribution >= 4 is 219 Å². The number of halogens is 3. The monoisotopic (exact) mass is 2180 g/mol. The Morgan fingerprint density at radius 2 is 0.811 bits per heavy atom. The van der Waals surface area contributed by atoms with Crippen molar-refractivity contribution in [1.82, 2.24) is 40.0 Å². The molecule has 0 saturated carbocycles. The molecule has 750 valence electrons. The van der Waals surface area contributed by atoms with Crippen molar-refractivity contribution in [3.8, 4) is 64.4 Å². The number of aromatic nitrogens is 7. The van der Waals surface area contributed by atoms with E-state index < -0.39 is 41.9 Å². The third-order valence-electron chi connectivity index (χ3n) is 23.2. The highest BCUT2D eigenvalue weighted by molar-refractivity contribution is 8.01. The summed E-state index contributed by atoms with van der Waals surface area (Å²) in [6.45, 7) is 22.1. The lowest BCUT2D eigenvalue weighted by Gasteiger charge is -2.17. The van der Waals surface area contributed by atoms with Gasteiger partial charge >= 0.3 is 6.11 Å². The lowest BCUT2D eigenvalue weighted by molar-refractivity contribution is -0.160. The molecule has 0 bridgehead atoms. The van der Waals surface area contributed by atoms with E-state index in [0.29, 0.717) is 62.7 Å². The highest BCUT2D eigenvalue weighted by Crippen LogP contribution is 2.41. The first-order valence-electron chi connectivity index (χ1n) is 45.9. The smallest absolute Gasteiger partial charge is 0.394 e. The summed E-state index contributed by atoms with van der Waals surface area (Å²) >= 11 is 17.5. The fourth-order valence-electron chi connectivity index (χ4n) is 15.6. The number of thioether (sulfide) groups is 1. The molecule has 14 aromatic carbocycles. The van der Waals surface area contributed by atoms with Crippen molar-refractivity contribution in [2.45, 2.75) is 101 Å². The maximum absolute atomic E-state index is 13.3. The molecule has 3 amide bonds. The summed E-state index contributed by atoms with van der Waals surface area (Å²) in [5, 5.41) is 20.3. The van der Waals surface area contributed by atoms with E-state index in [1.54, 1.807) is 192 Å². The first-order valence-corrected chi connectivity index (χ1v) is 56.6. The highest BCUT2D eigenvalue weighted by atomic mass is 35.5. The number of sulfonamides is 3. The number of benzene rings is 14. The Bertz CT molecular complexity index is 8740. The van der Waals surface area contributed by atoms with E-state index in [-0.39, 0.29) is 45.4 Å². The second kappa shape index (κ2) is 45.1. The average molecular weight is 2180 g/mol. The zero-order valence-corrected chi connectivity index (χ0v) is 90.2. The summed E-state index contributed by atoms with van der Waals surface area (Å²) in [5.41, 5.74) is 22.1. The van der Waals surface area contributed by atoms with E-state index in [9.17, 15) is 48.4 Å². The molecule has 21 rings (SSSR count). The summed E-state index contributed by atoms with van der Waals surface area (Å²) in [5.74, 6) is 0.0504. The van der Waals surface area contributed by atoms with Crippen LogP contribution in [0.2, 0.25) is 5.02 Å². The van der Waals surface area contributed by atoms with Gasteiger partial charge in [0.2, 0.25) is 5.91 Å². The molecule has 0 aliphatic carbocycles. The maximum atomic E-state index is 13.3. The van der Waals surface area contributed by atoms with E-state index in [1.807, 2.05) is 137 Å². The molecule has 0 saturated heterocycles. The zero-order valence-electron chi connectivity index (χ0n) is 81.3. The van der Waals surface area contributed by atoms with Gasteiger partial charge in [0.1, 0.15) is 46.4 Å². The van der Waals surface area contributed by atoms with Crippen LogP contribution in [0, 0.1) is 62.3 Å². The van der Waals surface area contributed by atoms with Crippen LogP contribution in [0.1, 0.15) is 83.6 Å². The number of hydrogen-bond acceptors (Lipinski definition) is 26. The lowest BCUT2D eigenvalue weighted by atomic mass is 10.1. The van der Waals surface area contributed by atoms with Gasteiger partial charge in [0.25, 0.3) is 41.9 Å². The minimum atomic E-state index is -4.14. The van der Waals surface area contributed by atoms with E-state index >= 15 is 0 Å². The number of hydrogen-bond donors (Lipinski definition) is 5.